The summed E-state index contributed by atoms with van der Waals surface area (Å²) >= 11 is 0. The lowest BCUT2D eigenvalue weighted by Gasteiger charge is -2.27. The first-order chi connectivity index (χ1) is 14.6. The molecule has 3 atom stereocenters. The molecule has 0 N–H and O–H groups in total. The van der Waals surface area contributed by atoms with E-state index in [1.54, 1.807) is 16.9 Å². The Morgan fingerprint density at radius 3 is 2.71 bits per heavy atom. The molecule has 162 valence electrons. The van der Waals surface area contributed by atoms with Gasteiger partial charge < -0.3 is 4.74 Å². The molecule has 3 aromatic heterocycles. The molecule has 31 heavy (non-hydrogen) atoms. The number of ether oxygens (including phenoxy) is 1. The van der Waals surface area contributed by atoms with Crippen LogP contribution in [-0.4, -0.2) is 68.4 Å². The molecule has 0 radical (unpaired) electrons. The number of halogens is 1. The van der Waals surface area contributed by atoms with E-state index in [0.717, 1.165) is 5.56 Å². The lowest BCUT2D eigenvalue weighted by atomic mass is 10.2. The highest BCUT2D eigenvalue weighted by molar-refractivity contribution is 6.77. The van der Waals surface area contributed by atoms with Crippen LogP contribution in [0.15, 0.2) is 40.7 Å². The molecular weight excluding hydrogens is 417 g/mol. The number of Topliss-reactive ketones (excluding diaryl/α,β-unsaturated/α-hetero) is 1. The Morgan fingerprint density at radius 2 is 2.03 bits per heavy atom. The van der Waals surface area contributed by atoms with Gasteiger partial charge in [0.25, 0.3) is 0 Å². The van der Waals surface area contributed by atoms with Crippen LogP contribution in [0.3, 0.4) is 0 Å². The summed E-state index contributed by atoms with van der Waals surface area (Å²) in [5.41, 5.74) is 2.03. The molecule has 0 saturated carbocycles. The standard InChI is InChI=1S/C20H24FN7O2Si/c1-12(31(3,4)5)30-19(21)20-23-9-15(25-20)18(29)16-10-22-17-7-6-14(26-28(16)17)13-8-24-27(2)11-13/h6-12,19-20H,1-5H3. The number of carbonyl (C=O) groups is 1. The van der Waals surface area contributed by atoms with Gasteiger partial charge >= 0.3 is 0 Å². The number of nitrogens with zero attached hydrogens (tertiary/aromatic N) is 7. The molecular formula is C20H24FN7O2Si. The lowest BCUT2D eigenvalue weighted by molar-refractivity contribution is -0.0651. The van der Waals surface area contributed by atoms with E-state index >= 15 is 0 Å². The molecule has 4 rings (SSSR count). The summed E-state index contributed by atoms with van der Waals surface area (Å²) in [6.07, 6.45) is 3.43. The van der Waals surface area contributed by atoms with Crippen molar-refractivity contribution >= 4 is 31.4 Å². The molecule has 3 unspecified atom stereocenters. The van der Waals surface area contributed by atoms with E-state index in [2.05, 4.69) is 44.8 Å². The monoisotopic (exact) mass is 441 g/mol. The number of hydrogen-bond donors (Lipinski definition) is 0. The third kappa shape index (κ3) is 4.23. The van der Waals surface area contributed by atoms with Gasteiger partial charge in [-0.2, -0.15) is 10.2 Å². The van der Waals surface area contributed by atoms with Gasteiger partial charge in [0.2, 0.25) is 12.1 Å². The van der Waals surface area contributed by atoms with Crippen molar-refractivity contribution in [3.8, 4) is 11.3 Å². The van der Waals surface area contributed by atoms with Crippen molar-refractivity contribution in [2.75, 3.05) is 0 Å². The second-order valence-corrected chi connectivity index (χ2v) is 14.1. The van der Waals surface area contributed by atoms with Gasteiger partial charge in [-0.15, -0.1) is 0 Å². The Kier molecular flexibility index (Phi) is 5.39. The zero-order valence-electron chi connectivity index (χ0n) is 18.0. The summed E-state index contributed by atoms with van der Waals surface area (Å²) in [5, 5.41) is 8.66. The second kappa shape index (κ2) is 7.89. The van der Waals surface area contributed by atoms with E-state index in [9.17, 15) is 9.18 Å². The Bertz CT molecular complexity index is 1190. The topological polar surface area (TPSA) is 99.0 Å². The van der Waals surface area contributed by atoms with E-state index in [1.165, 1.54) is 16.9 Å². The minimum Gasteiger partial charge on any atom is -0.345 e. The van der Waals surface area contributed by atoms with Crippen molar-refractivity contribution in [1.29, 1.82) is 0 Å². The minimum absolute atomic E-state index is 0.0484. The number of hydrogen-bond acceptors (Lipinski definition) is 7. The van der Waals surface area contributed by atoms with Crippen molar-refractivity contribution in [1.82, 2.24) is 24.4 Å². The van der Waals surface area contributed by atoms with Crippen LogP contribution >= 0.6 is 0 Å². The summed E-state index contributed by atoms with van der Waals surface area (Å²) in [4.78, 5) is 25.4. The molecule has 1 aliphatic heterocycles. The number of aliphatic imine (C=N–C) groups is 2. The average Bonchev–Trinajstić information content (AvgIpc) is 3.45. The van der Waals surface area contributed by atoms with Crippen LogP contribution in [-0.2, 0) is 11.8 Å². The quantitative estimate of drug-likeness (QED) is 0.415. The van der Waals surface area contributed by atoms with Crippen molar-refractivity contribution in [2.24, 2.45) is 17.0 Å². The molecule has 0 spiro atoms. The van der Waals surface area contributed by atoms with Crippen LogP contribution in [0.4, 0.5) is 4.39 Å². The van der Waals surface area contributed by atoms with Gasteiger partial charge in [0.05, 0.1) is 32.4 Å². The molecule has 3 aromatic rings. The molecule has 4 heterocycles. The van der Waals surface area contributed by atoms with Crippen LogP contribution in [0.1, 0.15) is 17.4 Å². The predicted octanol–water partition coefficient (Wildman–Crippen LogP) is 2.74. The molecule has 1 aliphatic rings. The fourth-order valence-corrected chi connectivity index (χ4v) is 3.47. The highest BCUT2D eigenvalue weighted by atomic mass is 28.3. The Morgan fingerprint density at radius 1 is 1.26 bits per heavy atom. The van der Waals surface area contributed by atoms with Gasteiger partial charge in [-0.1, -0.05) is 19.6 Å². The first-order valence-corrected chi connectivity index (χ1v) is 13.5. The molecule has 0 bridgehead atoms. The number of aryl methyl sites for hydroxylation is 1. The fourth-order valence-electron chi connectivity index (χ4n) is 2.94. The summed E-state index contributed by atoms with van der Waals surface area (Å²) < 4.78 is 23.2. The maximum Gasteiger partial charge on any atom is 0.241 e. The van der Waals surface area contributed by atoms with Gasteiger partial charge in [0, 0.05) is 24.5 Å². The fraction of sp³-hybridized carbons (Fsp3) is 0.400. The van der Waals surface area contributed by atoms with Crippen molar-refractivity contribution in [3.63, 3.8) is 0 Å². The normalized spacial score (nSPS) is 18.4. The Hall–Kier alpha value is -3.05. The van der Waals surface area contributed by atoms with E-state index in [0.29, 0.717) is 11.3 Å². The molecule has 0 aromatic carbocycles. The third-order valence-electron chi connectivity index (χ3n) is 5.24. The Labute approximate surface area is 179 Å². The van der Waals surface area contributed by atoms with E-state index in [4.69, 9.17) is 4.74 Å². The smallest absolute Gasteiger partial charge is 0.241 e. The molecule has 9 nitrogen and oxygen atoms in total. The van der Waals surface area contributed by atoms with Gasteiger partial charge in [0.1, 0.15) is 11.4 Å². The van der Waals surface area contributed by atoms with Gasteiger partial charge in [0.15, 0.2) is 11.8 Å². The Balaban J connectivity index is 1.57. The van der Waals surface area contributed by atoms with Crippen LogP contribution in [0.25, 0.3) is 16.9 Å². The van der Waals surface area contributed by atoms with E-state index in [1.807, 2.05) is 26.2 Å². The third-order valence-corrected chi connectivity index (χ3v) is 7.81. The summed E-state index contributed by atoms with van der Waals surface area (Å²) in [7, 11) is 0.139. The van der Waals surface area contributed by atoms with Crippen LogP contribution in [0, 0.1) is 0 Å². The van der Waals surface area contributed by atoms with E-state index in [-0.39, 0.29) is 17.1 Å². The molecule has 0 aliphatic carbocycles. The van der Waals surface area contributed by atoms with Crippen molar-refractivity contribution in [3.05, 3.63) is 36.4 Å². The van der Waals surface area contributed by atoms with Crippen LogP contribution < -0.4 is 0 Å². The number of alkyl halides is 1. The number of imidazole rings is 1. The average molecular weight is 442 g/mol. The molecule has 0 fully saturated rings. The maximum absolute atomic E-state index is 14.6. The molecule has 11 heteroatoms. The first-order valence-electron chi connectivity index (χ1n) is 9.92. The SMILES string of the molecule is CC(OC(F)C1N=CC(C(=O)c2cnc3ccc(-c4cnn(C)c4)nn23)=N1)[Si](C)(C)C. The molecule has 0 amide bonds. The number of carbonyl (C=O) groups excluding carboxylic acids is 1. The van der Waals surface area contributed by atoms with Gasteiger partial charge in [-0.3, -0.25) is 14.5 Å². The highest BCUT2D eigenvalue weighted by Crippen LogP contribution is 2.20. The largest absolute Gasteiger partial charge is 0.345 e. The van der Waals surface area contributed by atoms with Gasteiger partial charge in [-0.25, -0.2) is 18.9 Å². The summed E-state index contributed by atoms with van der Waals surface area (Å²) in [5.74, 6) is -0.431. The first kappa shape index (κ1) is 21.2. The zero-order chi connectivity index (χ0) is 22.3. The van der Waals surface area contributed by atoms with Crippen molar-refractivity contribution in [2.45, 2.75) is 44.8 Å². The van der Waals surface area contributed by atoms with Crippen molar-refractivity contribution < 1.29 is 13.9 Å². The summed E-state index contributed by atoms with van der Waals surface area (Å²) in [6, 6.07) is 3.57. The lowest BCUT2D eigenvalue weighted by Crippen LogP contribution is -2.41. The highest BCUT2D eigenvalue weighted by Gasteiger charge is 2.32. The number of fused-ring (bicyclic) bond motifs is 1. The second-order valence-electron chi connectivity index (χ2n) is 8.57. The summed E-state index contributed by atoms with van der Waals surface area (Å²) in [6.45, 7) is 8.14. The number of rotatable bonds is 7. The molecule has 0 saturated heterocycles. The number of aromatic nitrogens is 5. The van der Waals surface area contributed by atoms with E-state index < -0.39 is 26.4 Å². The predicted molar refractivity (Wildman–Crippen MR) is 118 cm³/mol. The maximum atomic E-state index is 14.6. The van der Waals surface area contributed by atoms with Crippen LogP contribution in [0.5, 0.6) is 0 Å². The number of ketones is 1. The van der Waals surface area contributed by atoms with Gasteiger partial charge in [-0.05, 0) is 19.1 Å². The zero-order valence-corrected chi connectivity index (χ0v) is 19.0. The van der Waals surface area contributed by atoms with Crippen LogP contribution in [0.2, 0.25) is 19.6 Å². The minimum atomic E-state index is -1.71.